The van der Waals surface area contributed by atoms with Crippen LogP contribution >= 0.6 is 24.0 Å². The number of nitrogens with one attached hydrogen (secondary N) is 2. The van der Waals surface area contributed by atoms with Gasteiger partial charge in [0.1, 0.15) is 11.6 Å². The molecule has 0 bridgehead atoms. The van der Waals surface area contributed by atoms with Crippen LogP contribution in [-0.4, -0.2) is 35.7 Å². The van der Waals surface area contributed by atoms with Crippen molar-refractivity contribution in [2.75, 3.05) is 20.2 Å². The highest BCUT2D eigenvalue weighted by atomic mass is 127. The van der Waals surface area contributed by atoms with E-state index in [2.05, 4.69) is 67.6 Å². The third kappa shape index (κ3) is 5.75. The average molecular weight is 517 g/mol. The van der Waals surface area contributed by atoms with E-state index in [9.17, 15) is 0 Å². The van der Waals surface area contributed by atoms with Gasteiger partial charge >= 0.3 is 0 Å². The van der Waals surface area contributed by atoms with Crippen LogP contribution in [0.5, 0.6) is 5.75 Å². The zero-order chi connectivity index (χ0) is 19.9. The van der Waals surface area contributed by atoms with E-state index in [1.165, 1.54) is 16.7 Å². The molecule has 0 aliphatic carbocycles. The van der Waals surface area contributed by atoms with Gasteiger partial charge in [0.15, 0.2) is 5.96 Å². The fourth-order valence-corrected chi connectivity index (χ4v) is 3.54. The maximum absolute atomic E-state index is 5.58. The topological polar surface area (TPSA) is 63.5 Å². The quantitative estimate of drug-likeness (QED) is 0.287. The molecule has 30 heavy (non-hydrogen) atoms. The third-order valence-electron chi connectivity index (χ3n) is 5.09. The minimum atomic E-state index is 0. The molecule has 0 fully saturated rings. The summed E-state index contributed by atoms with van der Waals surface area (Å²) in [7, 11) is 1.79. The van der Waals surface area contributed by atoms with E-state index in [1.807, 2.05) is 18.5 Å². The molecule has 2 N–H and O–H groups in total. The van der Waals surface area contributed by atoms with E-state index in [4.69, 9.17) is 4.74 Å². The first kappa shape index (κ1) is 22.1. The molecule has 158 valence electrons. The third-order valence-corrected chi connectivity index (χ3v) is 5.09. The largest absolute Gasteiger partial charge is 0.493 e. The van der Waals surface area contributed by atoms with E-state index in [0.717, 1.165) is 50.1 Å². The molecule has 1 aliphatic heterocycles. The number of halogens is 1. The zero-order valence-electron chi connectivity index (χ0n) is 17.2. The lowest BCUT2D eigenvalue weighted by Crippen LogP contribution is -2.38. The first-order valence-corrected chi connectivity index (χ1v) is 10.0. The van der Waals surface area contributed by atoms with Crippen LogP contribution in [0.4, 0.5) is 0 Å². The molecule has 0 saturated heterocycles. The number of nitrogens with zero attached hydrogens (tertiary/aromatic N) is 3. The number of hydrogen-bond acceptors (Lipinski definition) is 3. The fourth-order valence-electron chi connectivity index (χ4n) is 3.54. The zero-order valence-corrected chi connectivity index (χ0v) is 19.5. The molecule has 7 heteroatoms. The summed E-state index contributed by atoms with van der Waals surface area (Å²) in [5.41, 5.74) is 3.89. The van der Waals surface area contributed by atoms with Crippen molar-refractivity contribution in [3.63, 3.8) is 0 Å². The van der Waals surface area contributed by atoms with Gasteiger partial charge in [-0.1, -0.05) is 42.5 Å². The number of benzene rings is 2. The summed E-state index contributed by atoms with van der Waals surface area (Å²) in [5.74, 6) is 2.80. The van der Waals surface area contributed by atoms with Crippen molar-refractivity contribution in [3.05, 3.63) is 83.4 Å². The van der Waals surface area contributed by atoms with Gasteiger partial charge in [-0.25, -0.2) is 4.98 Å². The molecule has 0 unspecified atom stereocenters. The van der Waals surface area contributed by atoms with E-state index in [0.29, 0.717) is 6.54 Å². The summed E-state index contributed by atoms with van der Waals surface area (Å²) >= 11 is 0. The van der Waals surface area contributed by atoms with Crippen molar-refractivity contribution < 1.29 is 4.74 Å². The van der Waals surface area contributed by atoms with E-state index in [-0.39, 0.29) is 24.0 Å². The molecular weight excluding hydrogens is 489 g/mol. The molecule has 0 radical (unpaired) electrons. The van der Waals surface area contributed by atoms with Crippen LogP contribution in [0.25, 0.3) is 0 Å². The van der Waals surface area contributed by atoms with Crippen LogP contribution in [0.3, 0.4) is 0 Å². The van der Waals surface area contributed by atoms with E-state index in [1.54, 1.807) is 7.05 Å². The Balaban J connectivity index is 0.00000256. The van der Waals surface area contributed by atoms with Gasteiger partial charge in [-0.15, -0.1) is 24.0 Å². The first-order chi connectivity index (χ1) is 14.3. The fraction of sp³-hybridized carbons (Fsp3) is 0.304. The van der Waals surface area contributed by atoms with Gasteiger partial charge < -0.3 is 19.9 Å². The molecule has 4 rings (SSSR count). The number of fused-ring (bicyclic) bond motifs is 1. The number of aromatic nitrogens is 2. The Morgan fingerprint density at radius 3 is 2.83 bits per heavy atom. The van der Waals surface area contributed by atoms with Gasteiger partial charge in [0.25, 0.3) is 0 Å². The molecule has 2 heterocycles. The Hall–Kier alpha value is -2.55. The Morgan fingerprint density at radius 2 is 2.00 bits per heavy atom. The number of guanidine groups is 1. The molecule has 1 aromatic heterocycles. The van der Waals surface area contributed by atoms with Gasteiger partial charge in [-0.3, -0.25) is 4.99 Å². The van der Waals surface area contributed by atoms with E-state index < -0.39 is 0 Å². The lowest BCUT2D eigenvalue weighted by molar-refractivity contribution is 0.357. The summed E-state index contributed by atoms with van der Waals surface area (Å²) in [6.07, 6.45) is 5.80. The van der Waals surface area contributed by atoms with Gasteiger partial charge in [0.2, 0.25) is 0 Å². The van der Waals surface area contributed by atoms with Crippen LogP contribution in [0.1, 0.15) is 22.5 Å². The van der Waals surface area contributed by atoms with Gasteiger partial charge in [-0.05, 0) is 29.2 Å². The Labute approximate surface area is 194 Å². The van der Waals surface area contributed by atoms with Crippen molar-refractivity contribution in [2.24, 2.45) is 4.99 Å². The number of rotatable bonds is 7. The summed E-state index contributed by atoms with van der Waals surface area (Å²) in [6, 6.07) is 16.9. The normalized spacial score (nSPS) is 12.6. The van der Waals surface area contributed by atoms with Gasteiger partial charge in [0.05, 0.1) is 13.2 Å². The molecule has 2 aromatic carbocycles. The second-order valence-electron chi connectivity index (χ2n) is 7.10. The summed E-state index contributed by atoms with van der Waals surface area (Å²) in [5, 5.41) is 6.75. The molecule has 0 spiro atoms. The second-order valence-corrected chi connectivity index (χ2v) is 7.10. The SMILES string of the molecule is CN=C(NCCc1ccc2c(c1)CCO2)NCc1nccn1Cc1ccccc1.I. The smallest absolute Gasteiger partial charge is 0.191 e. The Bertz CT molecular complexity index is 971. The predicted molar refractivity (Wildman–Crippen MR) is 131 cm³/mol. The lowest BCUT2D eigenvalue weighted by atomic mass is 10.1. The highest BCUT2D eigenvalue weighted by Crippen LogP contribution is 2.25. The molecule has 6 nitrogen and oxygen atoms in total. The predicted octanol–water partition coefficient (Wildman–Crippen LogP) is 3.39. The lowest BCUT2D eigenvalue weighted by Gasteiger charge is -2.13. The van der Waals surface area contributed by atoms with Crippen LogP contribution in [0.2, 0.25) is 0 Å². The number of aliphatic imine (C=N–C) groups is 1. The van der Waals surface area contributed by atoms with Crippen molar-refractivity contribution in [2.45, 2.75) is 25.9 Å². The average Bonchev–Trinajstić information content (AvgIpc) is 3.40. The number of ether oxygens (including phenoxy) is 1. The maximum Gasteiger partial charge on any atom is 0.191 e. The molecule has 0 saturated carbocycles. The number of imidazole rings is 1. The van der Waals surface area contributed by atoms with Crippen LogP contribution < -0.4 is 15.4 Å². The molecule has 3 aromatic rings. The highest BCUT2D eigenvalue weighted by molar-refractivity contribution is 14.0. The highest BCUT2D eigenvalue weighted by Gasteiger charge is 2.12. The summed E-state index contributed by atoms with van der Waals surface area (Å²) in [6.45, 7) is 3.05. The second kappa shape index (κ2) is 11.0. The van der Waals surface area contributed by atoms with Crippen molar-refractivity contribution in [1.29, 1.82) is 0 Å². The van der Waals surface area contributed by atoms with Crippen molar-refractivity contribution in [3.8, 4) is 5.75 Å². The van der Waals surface area contributed by atoms with Crippen LogP contribution in [0, 0.1) is 0 Å². The molecular formula is C23H28IN5O. The van der Waals surface area contributed by atoms with Crippen molar-refractivity contribution >= 4 is 29.9 Å². The molecule has 0 atom stereocenters. The monoisotopic (exact) mass is 517 g/mol. The van der Waals surface area contributed by atoms with Crippen LogP contribution in [-0.2, 0) is 25.9 Å². The maximum atomic E-state index is 5.58. The minimum absolute atomic E-state index is 0. The van der Waals surface area contributed by atoms with E-state index >= 15 is 0 Å². The minimum Gasteiger partial charge on any atom is -0.493 e. The van der Waals surface area contributed by atoms with Gasteiger partial charge in [-0.2, -0.15) is 0 Å². The Morgan fingerprint density at radius 1 is 1.13 bits per heavy atom. The number of hydrogen-bond donors (Lipinski definition) is 2. The Kier molecular flexibility index (Phi) is 8.12. The first-order valence-electron chi connectivity index (χ1n) is 10.0. The van der Waals surface area contributed by atoms with Gasteiger partial charge in [0, 0.05) is 39.0 Å². The summed E-state index contributed by atoms with van der Waals surface area (Å²) in [4.78, 5) is 8.81. The van der Waals surface area contributed by atoms with Crippen LogP contribution in [0.15, 0.2) is 65.9 Å². The summed E-state index contributed by atoms with van der Waals surface area (Å²) < 4.78 is 7.73. The molecule has 1 aliphatic rings. The van der Waals surface area contributed by atoms with Crippen molar-refractivity contribution in [1.82, 2.24) is 20.2 Å². The standard InChI is InChI=1S/C23H27N5O.HI/c1-24-23(26-11-9-18-7-8-21-20(15-18)10-14-29-21)27-16-22-25-12-13-28(22)17-19-5-3-2-4-6-19;/h2-8,12-13,15H,9-11,14,16-17H2,1H3,(H2,24,26,27);1H. The molecule has 0 amide bonds.